The molecular formula is C33H37N3O6S. The Kier molecular flexibility index (Phi) is 10.0. The van der Waals surface area contributed by atoms with Gasteiger partial charge in [0.25, 0.3) is 0 Å². The summed E-state index contributed by atoms with van der Waals surface area (Å²) in [6, 6.07) is 23.8. The van der Waals surface area contributed by atoms with Crippen LogP contribution in [0.25, 0.3) is 10.8 Å². The Labute approximate surface area is 252 Å². The van der Waals surface area contributed by atoms with Crippen LogP contribution in [0.3, 0.4) is 0 Å². The number of aromatic nitrogens is 1. The molecule has 0 radical (unpaired) electrons. The zero-order chi connectivity index (χ0) is 30.2. The van der Waals surface area contributed by atoms with Crippen LogP contribution in [-0.4, -0.2) is 49.5 Å². The zero-order valence-corrected chi connectivity index (χ0v) is 25.0. The molecule has 1 saturated carbocycles. The molecule has 0 bridgehead atoms. The Bertz CT molecular complexity index is 1630. The molecular weight excluding hydrogens is 566 g/mol. The number of rotatable bonds is 12. The van der Waals surface area contributed by atoms with Gasteiger partial charge in [-0.15, -0.1) is 0 Å². The van der Waals surface area contributed by atoms with Crippen LogP contribution < -0.4 is 10.2 Å². The quantitative estimate of drug-likeness (QED) is 0.204. The number of nitrogens with one attached hydrogen (secondary N) is 1. The summed E-state index contributed by atoms with van der Waals surface area (Å²) in [5.74, 6) is 0.470. The lowest BCUT2D eigenvalue weighted by Crippen LogP contribution is -2.40. The lowest BCUT2D eigenvalue weighted by molar-refractivity contribution is -0.166. The van der Waals surface area contributed by atoms with Gasteiger partial charge in [-0.3, -0.25) is 15.4 Å². The number of hydrogen-bond donors (Lipinski definition) is 2. The fourth-order valence-electron chi connectivity index (χ4n) is 5.58. The van der Waals surface area contributed by atoms with Crippen LogP contribution in [0.15, 0.2) is 95.0 Å². The molecule has 10 heteroatoms. The van der Waals surface area contributed by atoms with Crippen molar-refractivity contribution >= 4 is 26.5 Å². The molecule has 0 unspecified atom stereocenters. The van der Waals surface area contributed by atoms with Crippen LogP contribution in [0.2, 0.25) is 0 Å². The molecule has 1 aliphatic rings. The van der Waals surface area contributed by atoms with Crippen molar-refractivity contribution in [2.24, 2.45) is 5.92 Å². The minimum absolute atomic E-state index is 0.0806. The molecule has 3 aromatic carbocycles. The SMILES string of the molecule is COc1ccc(S(=O)(=O)c2cc(CN(O)NC(=O)CC3CCC(OCCc4cccc5ccccc45)CC3)ccn2)cc1. The van der Waals surface area contributed by atoms with Gasteiger partial charge in [0.1, 0.15) is 5.75 Å². The van der Waals surface area contributed by atoms with E-state index in [4.69, 9.17) is 9.47 Å². The van der Waals surface area contributed by atoms with Crippen molar-refractivity contribution in [2.75, 3.05) is 13.7 Å². The van der Waals surface area contributed by atoms with Gasteiger partial charge in [-0.2, -0.15) is 0 Å². The number of carbonyl (C=O) groups is 1. The van der Waals surface area contributed by atoms with Crippen LogP contribution in [0.5, 0.6) is 5.75 Å². The number of hydrazine groups is 1. The van der Waals surface area contributed by atoms with Crippen molar-refractivity contribution < 1.29 is 27.9 Å². The highest BCUT2D eigenvalue weighted by atomic mass is 32.2. The molecule has 1 aliphatic carbocycles. The van der Waals surface area contributed by atoms with Crippen LogP contribution in [0.1, 0.15) is 43.2 Å². The van der Waals surface area contributed by atoms with E-state index in [1.165, 1.54) is 47.8 Å². The number of benzene rings is 3. The summed E-state index contributed by atoms with van der Waals surface area (Å²) < 4.78 is 37.3. The van der Waals surface area contributed by atoms with Gasteiger partial charge in [0.05, 0.1) is 31.3 Å². The molecule has 1 heterocycles. The number of amides is 1. The van der Waals surface area contributed by atoms with Gasteiger partial charge in [-0.1, -0.05) is 47.6 Å². The molecule has 1 fully saturated rings. The Morgan fingerprint density at radius 1 is 1.00 bits per heavy atom. The molecule has 9 nitrogen and oxygen atoms in total. The van der Waals surface area contributed by atoms with E-state index in [0.717, 1.165) is 32.1 Å². The third-order valence-electron chi connectivity index (χ3n) is 7.90. The zero-order valence-electron chi connectivity index (χ0n) is 24.2. The van der Waals surface area contributed by atoms with Gasteiger partial charge in [-0.05, 0) is 96.3 Å². The minimum atomic E-state index is -3.86. The molecule has 0 saturated heterocycles. The number of methoxy groups -OCH3 is 1. The monoisotopic (exact) mass is 603 g/mol. The van der Waals surface area contributed by atoms with Crippen molar-refractivity contribution in [1.82, 2.24) is 15.6 Å². The molecule has 1 amide bonds. The molecule has 5 rings (SSSR count). The maximum Gasteiger partial charge on any atom is 0.236 e. The summed E-state index contributed by atoms with van der Waals surface area (Å²) >= 11 is 0. The Balaban J connectivity index is 1.05. The van der Waals surface area contributed by atoms with Gasteiger partial charge in [-0.25, -0.2) is 13.4 Å². The van der Waals surface area contributed by atoms with Crippen LogP contribution in [0.4, 0.5) is 0 Å². The van der Waals surface area contributed by atoms with E-state index in [-0.39, 0.29) is 34.4 Å². The van der Waals surface area contributed by atoms with Crippen molar-refractivity contribution in [3.8, 4) is 5.75 Å². The van der Waals surface area contributed by atoms with E-state index in [9.17, 15) is 18.4 Å². The first-order valence-electron chi connectivity index (χ1n) is 14.5. The average molecular weight is 604 g/mol. The lowest BCUT2D eigenvalue weighted by atomic mass is 9.85. The number of ether oxygens (including phenoxy) is 2. The topological polar surface area (TPSA) is 118 Å². The molecule has 226 valence electrons. The fraction of sp³-hybridized carbons (Fsp3) is 0.333. The molecule has 0 atom stereocenters. The minimum Gasteiger partial charge on any atom is -0.497 e. The van der Waals surface area contributed by atoms with Gasteiger partial charge in [0, 0.05) is 12.6 Å². The number of pyridine rings is 1. The van der Waals surface area contributed by atoms with Gasteiger partial charge >= 0.3 is 0 Å². The third kappa shape index (κ3) is 7.97. The average Bonchev–Trinajstić information content (AvgIpc) is 3.02. The van der Waals surface area contributed by atoms with E-state index in [1.807, 2.05) is 0 Å². The Morgan fingerprint density at radius 3 is 2.51 bits per heavy atom. The first-order chi connectivity index (χ1) is 20.8. The van der Waals surface area contributed by atoms with Gasteiger partial charge < -0.3 is 9.47 Å². The van der Waals surface area contributed by atoms with Gasteiger partial charge in [0.15, 0.2) is 5.03 Å². The fourth-order valence-corrected chi connectivity index (χ4v) is 6.83. The van der Waals surface area contributed by atoms with Gasteiger partial charge in [0.2, 0.25) is 15.7 Å². The lowest BCUT2D eigenvalue weighted by Gasteiger charge is -2.28. The van der Waals surface area contributed by atoms with E-state index in [0.29, 0.717) is 29.5 Å². The summed E-state index contributed by atoms with van der Waals surface area (Å²) in [5.41, 5.74) is 4.26. The van der Waals surface area contributed by atoms with E-state index < -0.39 is 9.84 Å². The largest absolute Gasteiger partial charge is 0.497 e. The second kappa shape index (κ2) is 14.1. The summed E-state index contributed by atoms with van der Waals surface area (Å²) in [5, 5.41) is 13.4. The molecule has 4 aromatic rings. The maximum atomic E-state index is 13.0. The molecule has 1 aromatic heterocycles. The highest BCUT2D eigenvalue weighted by Crippen LogP contribution is 2.29. The second-order valence-corrected chi connectivity index (χ2v) is 12.8. The molecule has 2 N–H and O–H groups in total. The molecule has 0 aliphatic heterocycles. The second-order valence-electron chi connectivity index (χ2n) is 10.9. The first kappa shape index (κ1) is 30.6. The number of hydrogen-bond acceptors (Lipinski definition) is 8. The molecule has 0 spiro atoms. The van der Waals surface area contributed by atoms with Crippen LogP contribution >= 0.6 is 0 Å². The van der Waals surface area contributed by atoms with Crippen molar-refractivity contribution in [1.29, 1.82) is 0 Å². The summed E-state index contributed by atoms with van der Waals surface area (Å²) in [6.45, 7) is 0.568. The highest BCUT2D eigenvalue weighted by Gasteiger charge is 2.25. The maximum absolute atomic E-state index is 13.0. The van der Waals surface area contributed by atoms with E-state index in [1.54, 1.807) is 18.2 Å². The number of fused-ring (bicyclic) bond motifs is 1. The third-order valence-corrected chi connectivity index (χ3v) is 9.57. The normalized spacial score (nSPS) is 17.2. The summed E-state index contributed by atoms with van der Waals surface area (Å²) in [4.78, 5) is 16.7. The van der Waals surface area contributed by atoms with E-state index in [2.05, 4.69) is 52.9 Å². The number of carbonyl (C=O) groups excluding carboxylic acids is 1. The molecule has 43 heavy (non-hydrogen) atoms. The number of sulfone groups is 1. The standard InChI is InChI=1S/C33H37N3O6S/c1-41-28-13-15-30(16-14-28)43(39,40)33-22-25(17-19-34-33)23-36(38)35-32(37)21-24-9-11-29(12-10-24)42-20-18-27-7-4-6-26-5-2-3-8-31(26)27/h2-8,13-17,19,22,24,29,38H,9-12,18,20-21,23H2,1H3,(H,35,37). The van der Waals surface area contributed by atoms with Crippen molar-refractivity contribution in [3.05, 3.63) is 96.2 Å². The summed E-state index contributed by atoms with van der Waals surface area (Å²) in [6.07, 6.45) is 6.29. The smallest absolute Gasteiger partial charge is 0.236 e. The Hall–Kier alpha value is -3.83. The number of hydroxylamine groups is 1. The predicted molar refractivity (Wildman–Crippen MR) is 162 cm³/mol. The first-order valence-corrected chi connectivity index (χ1v) is 16.0. The Morgan fingerprint density at radius 2 is 1.74 bits per heavy atom. The summed E-state index contributed by atoms with van der Waals surface area (Å²) in [7, 11) is -2.36. The number of nitrogens with zero attached hydrogens (tertiary/aromatic N) is 2. The van der Waals surface area contributed by atoms with E-state index >= 15 is 0 Å². The predicted octanol–water partition coefficient (Wildman–Crippen LogP) is 5.51. The van der Waals surface area contributed by atoms with Crippen LogP contribution in [-0.2, 0) is 32.3 Å². The highest BCUT2D eigenvalue weighted by molar-refractivity contribution is 7.91. The van der Waals surface area contributed by atoms with Crippen LogP contribution in [0, 0.1) is 5.92 Å². The van der Waals surface area contributed by atoms with Crippen molar-refractivity contribution in [3.63, 3.8) is 0 Å². The van der Waals surface area contributed by atoms with Crippen molar-refractivity contribution in [2.45, 2.75) is 61.1 Å².